The fraction of sp³-hybridized carbons (Fsp3) is 0.385. The zero-order valence-electron chi connectivity index (χ0n) is 11.3. The van der Waals surface area contributed by atoms with E-state index in [1.807, 2.05) is 50.1 Å². The number of halogens is 1. The van der Waals surface area contributed by atoms with Crippen LogP contribution in [0.4, 0.5) is 5.69 Å². The van der Waals surface area contributed by atoms with Crippen LogP contribution in [-0.4, -0.2) is 31.1 Å². The van der Waals surface area contributed by atoms with Crippen molar-refractivity contribution in [3.63, 3.8) is 0 Å². The molecule has 0 spiro atoms. The first-order valence-corrected chi connectivity index (χ1v) is 6.52. The number of nitrogens with zero attached hydrogens (tertiary/aromatic N) is 3. The minimum Gasteiger partial charge on any atom is -0.370 e. The molecule has 0 aromatic heterocycles. The first-order valence-electron chi connectivity index (χ1n) is 6.15. The first-order chi connectivity index (χ1) is 8.97. The molecule has 2 unspecified atom stereocenters. The van der Waals surface area contributed by atoms with E-state index in [9.17, 15) is 0 Å². The van der Waals surface area contributed by atoms with Crippen molar-refractivity contribution in [1.82, 2.24) is 5.32 Å². The minimum atomic E-state index is 0.0589. The average Bonchev–Trinajstić information content (AvgIpc) is 2.49. The highest BCUT2D eigenvalue weighted by atomic mass is 35.5. The highest BCUT2D eigenvalue weighted by molar-refractivity contribution is 6.30. The van der Waals surface area contributed by atoms with Gasteiger partial charge < -0.3 is 10.6 Å². The summed E-state index contributed by atoms with van der Waals surface area (Å²) in [6.07, 6.45) is 0. The second-order valence-electron chi connectivity index (χ2n) is 4.61. The number of rotatable bonds is 1. The normalized spacial score (nSPS) is 22.9. The Balaban J connectivity index is 2.27. The van der Waals surface area contributed by atoms with Gasteiger partial charge in [-0.3, -0.25) is 5.32 Å². The lowest BCUT2D eigenvalue weighted by Gasteiger charge is -2.22. The van der Waals surface area contributed by atoms with Gasteiger partial charge in [0, 0.05) is 17.8 Å². The van der Waals surface area contributed by atoms with Crippen LogP contribution in [0, 0.1) is 0 Å². The maximum atomic E-state index is 5.89. The van der Waals surface area contributed by atoms with E-state index in [2.05, 4.69) is 15.3 Å². The van der Waals surface area contributed by atoms with E-state index in [1.165, 1.54) is 0 Å². The van der Waals surface area contributed by atoms with Crippen molar-refractivity contribution in [3.05, 3.63) is 29.3 Å². The predicted octanol–water partition coefficient (Wildman–Crippen LogP) is 1.83. The lowest BCUT2D eigenvalue weighted by Crippen LogP contribution is -2.45. The Labute approximate surface area is 118 Å². The van der Waals surface area contributed by atoms with Gasteiger partial charge in [-0.1, -0.05) is 11.6 Å². The number of nitrogens with two attached hydrogens (primary N) is 1. The lowest BCUT2D eigenvalue weighted by atomic mass is 10.2. The maximum Gasteiger partial charge on any atom is 0.205 e. The van der Waals surface area contributed by atoms with Gasteiger partial charge in [0.05, 0.1) is 12.1 Å². The number of aliphatic imine (C=N–C) groups is 2. The van der Waals surface area contributed by atoms with Crippen LogP contribution in [0.25, 0.3) is 0 Å². The summed E-state index contributed by atoms with van der Waals surface area (Å²) in [6.45, 7) is 4.01. The number of nitrogens with one attached hydrogen (secondary N) is 1. The molecular formula is C13H18ClN5. The fourth-order valence-electron chi connectivity index (χ4n) is 1.76. The molecule has 1 heterocycles. The van der Waals surface area contributed by atoms with E-state index in [0.29, 0.717) is 16.9 Å². The predicted molar refractivity (Wildman–Crippen MR) is 81.0 cm³/mol. The van der Waals surface area contributed by atoms with Gasteiger partial charge in [0.15, 0.2) is 5.96 Å². The van der Waals surface area contributed by atoms with Crippen LogP contribution in [0.5, 0.6) is 0 Å². The topological polar surface area (TPSA) is 66.0 Å². The van der Waals surface area contributed by atoms with E-state index < -0.39 is 0 Å². The molecule has 102 valence electrons. The Morgan fingerprint density at radius 2 is 1.74 bits per heavy atom. The summed E-state index contributed by atoms with van der Waals surface area (Å²) in [7, 11) is 1.92. The first kappa shape index (κ1) is 13.7. The molecule has 1 aromatic rings. The molecule has 6 heteroatoms. The zero-order valence-corrected chi connectivity index (χ0v) is 12.0. The summed E-state index contributed by atoms with van der Waals surface area (Å²) >= 11 is 5.89. The van der Waals surface area contributed by atoms with Crippen LogP contribution in [0.15, 0.2) is 34.3 Å². The highest BCUT2D eigenvalue weighted by Gasteiger charge is 2.19. The number of hydrogen-bond acceptors (Lipinski definition) is 5. The van der Waals surface area contributed by atoms with Crippen LogP contribution in [0.3, 0.4) is 0 Å². The quantitative estimate of drug-likeness (QED) is 0.824. The van der Waals surface area contributed by atoms with Crippen molar-refractivity contribution in [3.8, 4) is 0 Å². The van der Waals surface area contributed by atoms with Gasteiger partial charge in [-0.2, -0.15) is 0 Å². The molecule has 5 nitrogen and oxygen atoms in total. The Bertz CT molecular complexity index is 508. The third-order valence-corrected chi connectivity index (χ3v) is 3.39. The van der Waals surface area contributed by atoms with Gasteiger partial charge in [-0.25, -0.2) is 9.98 Å². The third-order valence-electron chi connectivity index (χ3n) is 3.14. The molecule has 0 saturated heterocycles. The summed E-state index contributed by atoms with van der Waals surface area (Å²) in [5.74, 6) is 1.07. The Morgan fingerprint density at radius 1 is 1.16 bits per heavy atom. The van der Waals surface area contributed by atoms with Gasteiger partial charge in [0.1, 0.15) is 0 Å². The van der Waals surface area contributed by atoms with Crippen LogP contribution in [0.1, 0.15) is 13.8 Å². The molecule has 0 radical (unpaired) electrons. The second-order valence-corrected chi connectivity index (χ2v) is 5.05. The molecule has 0 fully saturated rings. The smallest absolute Gasteiger partial charge is 0.205 e. The fourth-order valence-corrected chi connectivity index (χ4v) is 1.89. The molecule has 1 aliphatic heterocycles. The van der Waals surface area contributed by atoms with Crippen molar-refractivity contribution in [2.75, 3.05) is 11.9 Å². The van der Waals surface area contributed by atoms with Gasteiger partial charge in [-0.15, -0.1) is 0 Å². The lowest BCUT2D eigenvalue weighted by molar-refractivity contribution is 0.610. The summed E-state index contributed by atoms with van der Waals surface area (Å²) in [5, 5.41) is 3.73. The summed E-state index contributed by atoms with van der Waals surface area (Å²) < 4.78 is 0. The Kier molecular flexibility index (Phi) is 3.95. The molecule has 0 bridgehead atoms. The molecule has 19 heavy (non-hydrogen) atoms. The molecular weight excluding hydrogens is 262 g/mol. The molecule has 1 aliphatic rings. The summed E-state index contributed by atoms with van der Waals surface area (Å²) in [5.41, 5.74) is 6.81. The maximum absolute atomic E-state index is 5.89. The van der Waals surface area contributed by atoms with Crippen LogP contribution < -0.4 is 16.0 Å². The largest absolute Gasteiger partial charge is 0.370 e. The number of guanidine groups is 2. The number of benzene rings is 1. The van der Waals surface area contributed by atoms with Gasteiger partial charge in [0.25, 0.3) is 0 Å². The molecule has 0 aliphatic carbocycles. The molecule has 3 N–H and O–H groups in total. The molecule has 2 rings (SSSR count). The Hall–Kier alpha value is -1.75. The van der Waals surface area contributed by atoms with E-state index in [-0.39, 0.29) is 12.1 Å². The molecule has 0 amide bonds. The van der Waals surface area contributed by atoms with E-state index in [1.54, 1.807) is 0 Å². The number of anilines is 1. The molecule has 0 saturated carbocycles. The average molecular weight is 280 g/mol. The van der Waals surface area contributed by atoms with E-state index >= 15 is 0 Å². The number of hydrogen-bond donors (Lipinski definition) is 2. The third kappa shape index (κ3) is 3.17. The summed E-state index contributed by atoms with van der Waals surface area (Å²) in [6, 6.07) is 7.67. The van der Waals surface area contributed by atoms with Crippen molar-refractivity contribution >= 4 is 29.2 Å². The van der Waals surface area contributed by atoms with Crippen molar-refractivity contribution in [1.29, 1.82) is 0 Å². The standard InChI is InChI=1S/C13H18ClN5/c1-8-9(2)17-13(18-12(15)16-8)19(3)11-6-4-10(14)5-7-11/h4-9H,1-3H3,(H3,15,16,17,18). The monoisotopic (exact) mass is 279 g/mol. The highest BCUT2D eigenvalue weighted by Crippen LogP contribution is 2.17. The van der Waals surface area contributed by atoms with Crippen LogP contribution in [-0.2, 0) is 0 Å². The summed E-state index contributed by atoms with van der Waals surface area (Å²) in [4.78, 5) is 10.9. The van der Waals surface area contributed by atoms with E-state index in [0.717, 1.165) is 5.69 Å². The van der Waals surface area contributed by atoms with Crippen LogP contribution >= 0.6 is 11.6 Å². The zero-order chi connectivity index (χ0) is 14.0. The van der Waals surface area contributed by atoms with Crippen molar-refractivity contribution in [2.45, 2.75) is 25.9 Å². The molecule has 1 aromatic carbocycles. The van der Waals surface area contributed by atoms with Crippen molar-refractivity contribution in [2.24, 2.45) is 15.7 Å². The molecule has 2 atom stereocenters. The minimum absolute atomic E-state index is 0.0589. The van der Waals surface area contributed by atoms with Crippen LogP contribution in [0.2, 0.25) is 5.02 Å². The van der Waals surface area contributed by atoms with Gasteiger partial charge in [-0.05, 0) is 38.1 Å². The van der Waals surface area contributed by atoms with E-state index in [4.69, 9.17) is 17.3 Å². The SMILES string of the molecule is CC1N=C(N)NC(N(C)c2ccc(Cl)cc2)=NC1C. The van der Waals surface area contributed by atoms with Gasteiger partial charge in [0.2, 0.25) is 5.96 Å². The Morgan fingerprint density at radius 3 is 2.37 bits per heavy atom. The second kappa shape index (κ2) is 5.48. The van der Waals surface area contributed by atoms with Crippen molar-refractivity contribution < 1.29 is 0 Å². The van der Waals surface area contributed by atoms with Gasteiger partial charge >= 0.3 is 0 Å².